The first kappa shape index (κ1) is 13.1. The van der Waals surface area contributed by atoms with Gasteiger partial charge in [-0.25, -0.2) is 9.18 Å². The topological polar surface area (TPSA) is 41.6 Å². The summed E-state index contributed by atoms with van der Waals surface area (Å²) in [7, 11) is 0. The molecule has 1 aromatic carbocycles. The number of rotatable bonds is 2. The van der Waals surface area contributed by atoms with Crippen LogP contribution in [0.15, 0.2) is 18.2 Å². The van der Waals surface area contributed by atoms with E-state index in [4.69, 9.17) is 16.3 Å². The van der Waals surface area contributed by atoms with Crippen molar-refractivity contribution < 1.29 is 13.9 Å². The first-order chi connectivity index (χ1) is 8.66. The van der Waals surface area contributed by atoms with E-state index in [0.29, 0.717) is 18.7 Å². The van der Waals surface area contributed by atoms with Gasteiger partial charge in [0.25, 0.3) is 0 Å². The van der Waals surface area contributed by atoms with E-state index >= 15 is 0 Å². The van der Waals surface area contributed by atoms with Gasteiger partial charge >= 0.3 is 6.09 Å². The van der Waals surface area contributed by atoms with Crippen LogP contribution in [0.5, 0.6) is 0 Å². The molecule has 0 unspecified atom stereocenters. The molecule has 0 spiro atoms. The van der Waals surface area contributed by atoms with Crippen molar-refractivity contribution in [1.29, 1.82) is 0 Å². The van der Waals surface area contributed by atoms with Crippen molar-refractivity contribution in [2.24, 2.45) is 0 Å². The number of halogens is 2. The maximum atomic E-state index is 12.8. The van der Waals surface area contributed by atoms with Crippen molar-refractivity contribution >= 4 is 17.7 Å². The quantitative estimate of drug-likeness (QED) is 0.896. The third-order valence-corrected chi connectivity index (χ3v) is 3.09. The van der Waals surface area contributed by atoms with E-state index in [2.05, 4.69) is 5.32 Å². The first-order valence-corrected chi connectivity index (χ1v) is 6.11. The van der Waals surface area contributed by atoms with E-state index in [9.17, 15) is 9.18 Å². The highest BCUT2D eigenvalue weighted by atomic mass is 35.5. The van der Waals surface area contributed by atoms with Crippen molar-refractivity contribution in [2.75, 3.05) is 26.2 Å². The Morgan fingerprint density at radius 2 is 2.17 bits per heavy atom. The summed E-state index contributed by atoms with van der Waals surface area (Å²) in [6.07, 6.45) is -0.364. The Labute approximate surface area is 110 Å². The van der Waals surface area contributed by atoms with Crippen LogP contribution in [-0.2, 0) is 11.3 Å². The van der Waals surface area contributed by atoms with E-state index in [1.807, 2.05) is 0 Å². The number of carbonyl (C=O) groups is 1. The summed E-state index contributed by atoms with van der Waals surface area (Å²) < 4.78 is 18.0. The van der Waals surface area contributed by atoms with Gasteiger partial charge in [-0.05, 0) is 12.1 Å². The van der Waals surface area contributed by atoms with Crippen LogP contribution in [0.25, 0.3) is 0 Å². The summed E-state index contributed by atoms with van der Waals surface area (Å²) in [5, 5.41) is 3.41. The summed E-state index contributed by atoms with van der Waals surface area (Å²) in [5.41, 5.74) is 0.599. The molecule has 0 saturated carbocycles. The smallest absolute Gasteiger partial charge is 0.410 e. The molecule has 0 radical (unpaired) electrons. The molecule has 4 nitrogen and oxygen atoms in total. The monoisotopic (exact) mass is 272 g/mol. The van der Waals surface area contributed by atoms with Gasteiger partial charge in [-0.2, -0.15) is 0 Å². The normalized spacial score (nSPS) is 15.6. The van der Waals surface area contributed by atoms with Crippen molar-refractivity contribution in [1.82, 2.24) is 10.2 Å². The molecule has 1 fully saturated rings. The van der Waals surface area contributed by atoms with Gasteiger partial charge in [-0.3, -0.25) is 0 Å². The molecule has 98 valence electrons. The zero-order chi connectivity index (χ0) is 13.0. The molecule has 1 amide bonds. The van der Waals surface area contributed by atoms with Gasteiger partial charge in [0.15, 0.2) is 0 Å². The maximum Gasteiger partial charge on any atom is 0.410 e. The van der Waals surface area contributed by atoms with E-state index in [1.165, 1.54) is 18.2 Å². The molecule has 1 aliphatic heterocycles. The Bertz CT molecular complexity index is 436. The molecular weight excluding hydrogens is 259 g/mol. The predicted octanol–water partition coefficient (Wildman–Crippen LogP) is 2.02. The lowest BCUT2D eigenvalue weighted by Crippen LogP contribution is -2.46. The number of hydrogen-bond donors (Lipinski definition) is 1. The standard InChI is InChI=1S/C12H14ClFN2O2/c13-11-7-10(14)2-1-9(11)8-18-12(17)16-5-3-15-4-6-16/h1-2,7,15H,3-6,8H2. The minimum atomic E-state index is -0.405. The molecule has 1 N–H and O–H groups in total. The summed E-state index contributed by atoms with van der Waals surface area (Å²) in [6, 6.07) is 4.01. The molecule has 1 saturated heterocycles. The van der Waals surface area contributed by atoms with Crippen LogP contribution in [0.2, 0.25) is 5.02 Å². The predicted molar refractivity (Wildman–Crippen MR) is 66.0 cm³/mol. The van der Waals surface area contributed by atoms with Crippen LogP contribution < -0.4 is 5.32 Å². The molecule has 1 heterocycles. The Kier molecular flexibility index (Phi) is 4.38. The van der Waals surface area contributed by atoms with Crippen LogP contribution in [0, 0.1) is 5.82 Å². The fraction of sp³-hybridized carbons (Fsp3) is 0.417. The number of amides is 1. The zero-order valence-electron chi connectivity index (χ0n) is 9.79. The molecule has 6 heteroatoms. The Balaban J connectivity index is 1.88. The second-order valence-corrected chi connectivity index (χ2v) is 4.43. The lowest BCUT2D eigenvalue weighted by molar-refractivity contribution is 0.0918. The van der Waals surface area contributed by atoms with Gasteiger partial charge in [-0.1, -0.05) is 17.7 Å². The second-order valence-electron chi connectivity index (χ2n) is 4.03. The summed E-state index contributed by atoms with van der Waals surface area (Å²) in [5.74, 6) is -0.405. The number of piperazine rings is 1. The van der Waals surface area contributed by atoms with E-state index < -0.39 is 5.82 Å². The number of benzene rings is 1. The fourth-order valence-corrected chi connectivity index (χ4v) is 1.94. The molecule has 1 aliphatic rings. The Hall–Kier alpha value is -1.33. The highest BCUT2D eigenvalue weighted by Crippen LogP contribution is 2.18. The third kappa shape index (κ3) is 3.34. The van der Waals surface area contributed by atoms with Crippen LogP contribution >= 0.6 is 11.6 Å². The fourth-order valence-electron chi connectivity index (χ4n) is 1.72. The number of carbonyl (C=O) groups excluding carboxylic acids is 1. The van der Waals surface area contributed by atoms with Crippen molar-refractivity contribution in [3.05, 3.63) is 34.6 Å². The molecule has 0 bridgehead atoms. The van der Waals surface area contributed by atoms with E-state index in [1.54, 1.807) is 4.90 Å². The summed E-state index contributed by atoms with van der Waals surface area (Å²) >= 11 is 5.84. The van der Waals surface area contributed by atoms with E-state index in [0.717, 1.165) is 13.1 Å². The van der Waals surface area contributed by atoms with Gasteiger partial charge in [0.1, 0.15) is 12.4 Å². The van der Waals surface area contributed by atoms with Crippen molar-refractivity contribution in [3.63, 3.8) is 0 Å². The molecule has 18 heavy (non-hydrogen) atoms. The van der Waals surface area contributed by atoms with Gasteiger partial charge in [-0.15, -0.1) is 0 Å². The SMILES string of the molecule is O=C(OCc1ccc(F)cc1Cl)N1CCNCC1. The molecule has 0 atom stereocenters. The maximum absolute atomic E-state index is 12.8. The molecular formula is C12H14ClFN2O2. The van der Waals surface area contributed by atoms with Crippen LogP contribution in [-0.4, -0.2) is 37.2 Å². The molecule has 0 aromatic heterocycles. The van der Waals surface area contributed by atoms with Crippen LogP contribution in [0.1, 0.15) is 5.56 Å². The second kappa shape index (κ2) is 6.02. The van der Waals surface area contributed by atoms with Gasteiger partial charge in [0.05, 0.1) is 5.02 Å². The minimum absolute atomic E-state index is 0.0574. The number of nitrogens with zero attached hydrogens (tertiary/aromatic N) is 1. The van der Waals surface area contributed by atoms with Gasteiger partial charge in [0, 0.05) is 31.7 Å². The third-order valence-electron chi connectivity index (χ3n) is 2.74. The number of nitrogens with one attached hydrogen (secondary N) is 1. The summed E-state index contributed by atoms with van der Waals surface area (Å²) in [4.78, 5) is 13.3. The van der Waals surface area contributed by atoms with Crippen molar-refractivity contribution in [2.45, 2.75) is 6.61 Å². The van der Waals surface area contributed by atoms with Gasteiger partial charge < -0.3 is 15.0 Å². The average molecular weight is 273 g/mol. The van der Waals surface area contributed by atoms with Crippen LogP contribution in [0.4, 0.5) is 9.18 Å². The lowest BCUT2D eigenvalue weighted by Gasteiger charge is -2.26. The number of ether oxygens (including phenoxy) is 1. The largest absolute Gasteiger partial charge is 0.444 e. The van der Waals surface area contributed by atoms with E-state index in [-0.39, 0.29) is 17.7 Å². The number of hydrogen-bond acceptors (Lipinski definition) is 3. The van der Waals surface area contributed by atoms with Gasteiger partial charge in [0.2, 0.25) is 0 Å². The Morgan fingerprint density at radius 1 is 1.44 bits per heavy atom. The summed E-state index contributed by atoms with van der Waals surface area (Å²) in [6.45, 7) is 2.87. The van der Waals surface area contributed by atoms with Crippen molar-refractivity contribution in [3.8, 4) is 0 Å². The highest BCUT2D eigenvalue weighted by molar-refractivity contribution is 6.31. The molecule has 1 aromatic rings. The highest BCUT2D eigenvalue weighted by Gasteiger charge is 2.17. The molecule has 2 rings (SSSR count). The minimum Gasteiger partial charge on any atom is -0.444 e. The first-order valence-electron chi connectivity index (χ1n) is 5.73. The Morgan fingerprint density at radius 3 is 2.83 bits per heavy atom. The zero-order valence-corrected chi connectivity index (χ0v) is 10.5. The lowest BCUT2D eigenvalue weighted by atomic mass is 10.2. The average Bonchev–Trinajstić information content (AvgIpc) is 2.38. The molecule has 0 aliphatic carbocycles. The van der Waals surface area contributed by atoms with Crippen LogP contribution in [0.3, 0.4) is 0 Å².